The van der Waals surface area contributed by atoms with Crippen molar-refractivity contribution in [1.82, 2.24) is 20.3 Å². The molecule has 0 radical (unpaired) electrons. The summed E-state index contributed by atoms with van der Waals surface area (Å²) in [5.41, 5.74) is 4.01. The van der Waals surface area contributed by atoms with Gasteiger partial charge in [0.15, 0.2) is 0 Å². The number of nitrogens with zero attached hydrogens (tertiary/aromatic N) is 4. The van der Waals surface area contributed by atoms with Gasteiger partial charge in [0.2, 0.25) is 5.91 Å². The van der Waals surface area contributed by atoms with Crippen LogP contribution in [-0.4, -0.2) is 72.7 Å². The number of nitrogens with one attached hydrogen (secondary N) is 1. The molecule has 0 spiro atoms. The van der Waals surface area contributed by atoms with Gasteiger partial charge in [0.25, 0.3) is 0 Å². The lowest BCUT2D eigenvalue weighted by atomic mass is 10.1. The minimum Gasteiger partial charge on any atom is -0.370 e. The molecule has 8 nitrogen and oxygen atoms in total. The lowest BCUT2D eigenvalue weighted by Crippen LogP contribution is -2.54. The third-order valence-corrected chi connectivity index (χ3v) is 5.84. The van der Waals surface area contributed by atoms with Gasteiger partial charge in [0, 0.05) is 57.1 Å². The maximum Gasteiger partial charge on any atom is 0.317 e. The van der Waals surface area contributed by atoms with Gasteiger partial charge >= 0.3 is 6.03 Å². The van der Waals surface area contributed by atoms with Crippen molar-refractivity contribution in [2.75, 3.05) is 50.7 Å². The molecule has 2 heterocycles. The van der Waals surface area contributed by atoms with Gasteiger partial charge in [-0.1, -0.05) is 17.3 Å². The normalized spacial score (nSPS) is 13.9. The summed E-state index contributed by atoms with van der Waals surface area (Å²) in [4.78, 5) is 31.0. The molecule has 1 N–H and O–H groups in total. The van der Waals surface area contributed by atoms with E-state index >= 15 is 0 Å². The van der Waals surface area contributed by atoms with Crippen LogP contribution in [0.5, 0.6) is 0 Å². The number of aryl methyl sites for hydroxylation is 3. The Morgan fingerprint density at radius 2 is 1.84 bits per heavy atom. The van der Waals surface area contributed by atoms with Crippen molar-refractivity contribution in [1.29, 1.82) is 0 Å². The number of aromatic nitrogens is 1. The minimum atomic E-state index is -0.0712. The summed E-state index contributed by atoms with van der Waals surface area (Å²) in [7, 11) is 0. The minimum absolute atomic E-state index is 0.0474. The highest BCUT2D eigenvalue weighted by atomic mass is 16.5. The molecule has 2 aromatic rings. The lowest BCUT2D eigenvalue weighted by molar-refractivity contribution is -0.131. The topological polar surface area (TPSA) is 81.9 Å². The van der Waals surface area contributed by atoms with Crippen LogP contribution in [-0.2, 0) is 11.2 Å². The standard InChI is InChI=1S/C23H33N5O3/c1-5-26(20-8-6-7-17(2)15-20)10-9-24-23(30)28-13-11-27(12-14-28)22(29)16-21-18(3)25-31-19(21)4/h6-8,15H,5,9-14,16H2,1-4H3,(H,24,30). The Hall–Kier alpha value is -3.03. The monoisotopic (exact) mass is 427 g/mol. The van der Waals surface area contributed by atoms with Gasteiger partial charge in [-0.2, -0.15) is 0 Å². The van der Waals surface area contributed by atoms with E-state index in [9.17, 15) is 9.59 Å². The second-order valence-corrected chi connectivity index (χ2v) is 8.00. The molecule has 1 fully saturated rings. The Kier molecular flexibility index (Phi) is 7.55. The predicted octanol–water partition coefficient (Wildman–Crippen LogP) is 2.52. The maximum absolute atomic E-state index is 12.6. The molecule has 0 atom stereocenters. The summed E-state index contributed by atoms with van der Waals surface area (Å²) < 4.78 is 5.14. The van der Waals surface area contributed by atoms with Crippen LogP contribution in [0.15, 0.2) is 28.8 Å². The summed E-state index contributed by atoms with van der Waals surface area (Å²) in [6.45, 7) is 12.2. The fraction of sp³-hybridized carbons (Fsp3) is 0.522. The second kappa shape index (κ2) is 10.3. The molecule has 1 aliphatic rings. The van der Waals surface area contributed by atoms with Gasteiger partial charge in [0.05, 0.1) is 12.1 Å². The Bertz CT molecular complexity index is 883. The van der Waals surface area contributed by atoms with E-state index in [4.69, 9.17) is 4.52 Å². The van der Waals surface area contributed by atoms with Crippen molar-refractivity contribution in [3.05, 3.63) is 46.8 Å². The average molecular weight is 428 g/mol. The largest absolute Gasteiger partial charge is 0.370 e. The molecule has 1 aliphatic heterocycles. The smallest absolute Gasteiger partial charge is 0.317 e. The first-order valence-electron chi connectivity index (χ1n) is 10.9. The number of rotatable bonds is 7. The molecule has 8 heteroatoms. The molecule has 0 unspecified atom stereocenters. The molecule has 0 bridgehead atoms. The number of likely N-dealkylation sites (N-methyl/N-ethyl adjacent to an activating group) is 1. The molecule has 31 heavy (non-hydrogen) atoms. The highest BCUT2D eigenvalue weighted by Gasteiger charge is 2.25. The number of piperazine rings is 1. The van der Waals surface area contributed by atoms with Crippen molar-refractivity contribution in [2.24, 2.45) is 0 Å². The van der Waals surface area contributed by atoms with Crippen LogP contribution in [0.1, 0.15) is 29.5 Å². The molecule has 0 saturated carbocycles. The zero-order chi connectivity index (χ0) is 22.4. The maximum atomic E-state index is 12.6. The average Bonchev–Trinajstić information content (AvgIpc) is 3.08. The fourth-order valence-electron chi connectivity index (χ4n) is 3.88. The van der Waals surface area contributed by atoms with E-state index in [1.807, 2.05) is 18.7 Å². The predicted molar refractivity (Wildman–Crippen MR) is 120 cm³/mol. The van der Waals surface area contributed by atoms with Crippen LogP contribution in [0, 0.1) is 20.8 Å². The van der Waals surface area contributed by atoms with Gasteiger partial charge < -0.3 is 24.5 Å². The highest BCUT2D eigenvalue weighted by molar-refractivity contribution is 5.80. The number of carbonyl (C=O) groups excluding carboxylic acids is 2. The third-order valence-electron chi connectivity index (χ3n) is 5.84. The first kappa shape index (κ1) is 22.7. The van der Waals surface area contributed by atoms with Crippen molar-refractivity contribution in [3.8, 4) is 0 Å². The first-order valence-corrected chi connectivity index (χ1v) is 10.9. The number of carbonyl (C=O) groups is 2. The Labute approximate surface area is 184 Å². The number of benzene rings is 1. The number of hydrogen-bond acceptors (Lipinski definition) is 5. The van der Waals surface area contributed by atoms with Crippen LogP contribution >= 0.6 is 0 Å². The lowest BCUT2D eigenvalue weighted by Gasteiger charge is -2.35. The summed E-state index contributed by atoms with van der Waals surface area (Å²) in [6.07, 6.45) is 0.291. The van der Waals surface area contributed by atoms with E-state index in [0.29, 0.717) is 44.9 Å². The van der Waals surface area contributed by atoms with E-state index in [-0.39, 0.29) is 11.9 Å². The molecule has 1 aromatic carbocycles. The van der Waals surface area contributed by atoms with Crippen LogP contribution in [0.3, 0.4) is 0 Å². The molecule has 1 aromatic heterocycles. The second-order valence-electron chi connectivity index (χ2n) is 8.00. The molecule has 3 rings (SSSR count). The molecule has 3 amide bonds. The van der Waals surface area contributed by atoms with Crippen molar-refractivity contribution in [2.45, 2.75) is 34.1 Å². The summed E-state index contributed by atoms with van der Waals surface area (Å²) in [5.74, 6) is 0.738. The van der Waals surface area contributed by atoms with E-state index in [0.717, 1.165) is 24.3 Å². The zero-order valence-corrected chi connectivity index (χ0v) is 19.0. The fourth-order valence-corrected chi connectivity index (χ4v) is 3.88. The molecule has 1 saturated heterocycles. The van der Waals surface area contributed by atoms with E-state index < -0.39 is 0 Å². The Morgan fingerprint density at radius 3 is 2.45 bits per heavy atom. The Balaban J connectivity index is 1.42. The van der Waals surface area contributed by atoms with E-state index in [1.165, 1.54) is 11.3 Å². The van der Waals surface area contributed by atoms with Gasteiger partial charge in [0.1, 0.15) is 5.76 Å². The molecule has 0 aliphatic carbocycles. The number of urea groups is 1. The van der Waals surface area contributed by atoms with Crippen LogP contribution < -0.4 is 10.2 Å². The Morgan fingerprint density at radius 1 is 1.13 bits per heavy atom. The SMILES string of the molecule is CCN(CCNC(=O)N1CCN(C(=O)Cc2c(C)noc2C)CC1)c1cccc(C)c1. The van der Waals surface area contributed by atoms with Crippen molar-refractivity contribution >= 4 is 17.6 Å². The van der Waals surface area contributed by atoms with Gasteiger partial charge in [-0.3, -0.25) is 4.79 Å². The molecular formula is C23H33N5O3. The highest BCUT2D eigenvalue weighted by Crippen LogP contribution is 2.16. The molecule has 168 valence electrons. The zero-order valence-electron chi connectivity index (χ0n) is 19.0. The van der Waals surface area contributed by atoms with Crippen LogP contribution in [0.2, 0.25) is 0 Å². The number of hydrogen-bond donors (Lipinski definition) is 1. The quantitative estimate of drug-likeness (QED) is 0.734. The van der Waals surface area contributed by atoms with Crippen LogP contribution in [0.25, 0.3) is 0 Å². The van der Waals surface area contributed by atoms with Crippen molar-refractivity contribution < 1.29 is 14.1 Å². The summed E-state index contributed by atoms with van der Waals surface area (Å²) >= 11 is 0. The first-order chi connectivity index (χ1) is 14.9. The van der Waals surface area contributed by atoms with Crippen LogP contribution in [0.4, 0.5) is 10.5 Å². The van der Waals surface area contributed by atoms with Crippen molar-refractivity contribution in [3.63, 3.8) is 0 Å². The van der Waals surface area contributed by atoms with Gasteiger partial charge in [-0.15, -0.1) is 0 Å². The summed E-state index contributed by atoms with van der Waals surface area (Å²) in [5, 5.41) is 6.93. The van der Waals surface area contributed by atoms with Gasteiger partial charge in [-0.05, 0) is 45.4 Å². The van der Waals surface area contributed by atoms with E-state index in [1.54, 1.807) is 4.90 Å². The number of anilines is 1. The number of amides is 3. The van der Waals surface area contributed by atoms with Gasteiger partial charge in [-0.25, -0.2) is 4.79 Å². The molecular weight excluding hydrogens is 394 g/mol. The van der Waals surface area contributed by atoms with E-state index in [2.05, 4.69) is 53.5 Å². The third kappa shape index (κ3) is 5.77. The summed E-state index contributed by atoms with van der Waals surface area (Å²) in [6, 6.07) is 8.32.